The lowest BCUT2D eigenvalue weighted by Gasteiger charge is -2.32. The van der Waals surface area contributed by atoms with Crippen LogP contribution in [0.5, 0.6) is 0 Å². The molecule has 5 rings (SSSR count). The van der Waals surface area contributed by atoms with Crippen molar-refractivity contribution < 1.29 is 17.6 Å². The number of aromatic amines is 1. The van der Waals surface area contributed by atoms with E-state index in [1.54, 1.807) is 18.3 Å². The zero-order chi connectivity index (χ0) is 21.7. The number of hydrogen-bond donors (Lipinski definition) is 1. The lowest BCUT2D eigenvalue weighted by Crippen LogP contribution is -2.19. The van der Waals surface area contributed by atoms with Gasteiger partial charge in [0.15, 0.2) is 17.5 Å². The number of aromatic nitrogens is 3. The highest BCUT2D eigenvalue weighted by molar-refractivity contribution is 5.82. The highest BCUT2D eigenvalue weighted by Gasteiger charge is 2.30. The standard InChI is InChI=1S/C24H21F4N3/c1-12(24-30-20-11-18(26)21(27)22(28)23(20)31-24)13-2-4-14(5-3-13)16-8-9-29-19-7-6-15(25)10-17(16)19/h6-14H,2-5H2,1H3,(H,30,31). The summed E-state index contributed by atoms with van der Waals surface area (Å²) in [6, 6.07) is 7.59. The first-order valence-electron chi connectivity index (χ1n) is 10.5. The Morgan fingerprint density at radius 2 is 1.74 bits per heavy atom. The van der Waals surface area contributed by atoms with Gasteiger partial charge in [-0.05, 0) is 67.3 Å². The first kappa shape index (κ1) is 20.0. The van der Waals surface area contributed by atoms with E-state index in [4.69, 9.17) is 0 Å². The normalized spacial score (nSPS) is 20.4. The van der Waals surface area contributed by atoms with Crippen LogP contribution in [0.3, 0.4) is 0 Å². The highest BCUT2D eigenvalue weighted by atomic mass is 19.2. The fourth-order valence-corrected chi connectivity index (χ4v) is 4.94. The van der Waals surface area contributed by atoms with Crippen LogP contribution < -0.4 is 0 Å². The molecule has 0 amide bonds. The fraction of sp³-hybridized carbons (Fsp3) is 0.333. The first-order chi connectivity index (χ1) is 14.9. The second-order valence-corrected chi connectivity index (χ2v) is 8.47. The van der Waals surface area contributed by atoms with E-state index in [2.05, 4.69) is 15.0 Å². The summed E-state index contributed by atoms with van der Waals surface area (Å²) < 4.78 is 54.9. The van der Waals surface area contributed by atoms with Gasteiger partial charge in [-0.15, -0.1) is 0 Å². The Morgan fingerprint density at radius 3 is 2.52 bits per heavy atom. The minimum Gasteiger partial charge on any atom is -0.342 e. The summed E-state index contributed by atoms with van der Waals surface area (Å²) in [5.74, 6) is -3.11. The Labute approximate surface area is 176 Å². The van der Waals surface area contributed by atoms with Gasteiger partial charge in [0.1, 0.15) is 17.2 Å². The van der Waals surface area contributed by atoms with Gasteiger partial charge in [-0.25, -0.2) is 22.5 Å². The molecule has 1 saturated carbocycles. The molecule has 160 valence electrons. The lowest BCUT2D eigenvalue weighted by molar-refractivity contribution is 0.286. The van der Waals surface area contributed by atoms with E-state index in [0.717, 1.165) is 48.2 Å². The number of benzene rings is 2. The van der Waals surface area contributed by atoms with E-state index in [1.807, 2.05) is 13.0 Å². The van der Waals surface area contributed by atoms with Gasteiger partial charge < -0.3 is 4.98 Å². The van der Waals surface area contributed by atoms with Gasteiger partial charge in [-0.2, -0.15) is 0 Å². The van der Waals surface area contributed by atoms with E-state index >= 15 is 0 Å². The van der Waals surface area contributed by atoms with Crippen molar-refractivity contribution in [3.05, 3.63) is 71.2 Å². The number of nitrogens with zero attached hydrogens (tertiary/aromatic N) is 2. The third-order valence-corrected chi connectivity index (χ3v) is 6.72. The van der Waals surface area contributed by atoms with E-state index in [0.29, 0.717) is 17.7 Å². The number of pyridine rings is 1. The molecule has 4 aromatic rings. The molecule has 0 radical (unpaired) electrons. The van der Waals surface area contributed by atoms with Crippen LogP contribution in [0, 0.1) is 29.2 Å². The van der Waals surface area contributed by atoms with Crippen molar-refractivity contribution in [3.63, 3.8) is 0 Å². The van der Waals surface area contributed by atoms with Gasteiger partial charge in [0.05, 0.1) is 11.0 Å². The topological polar surface area (TPSA) is 41.6 Å². The fourth-order valence-electron chi connectivity index (χ4n) is 4.94. The summed E-state index contributed by atoms with van der Waals surface area (Å²) in [4.78, 5) is 11.5. The molecule has 1 N–H and O–H groups in total. The molecule has 0 aliphatic heterocycles. The molecular weight excluding hydrogens is 406 g/mol. The van der Waals surface area contributed by atoms with Crippen LogP contribution in [-0.2, 0) is 0 Å². The van der Waals surface area contributed by atoms with Crippen molar-refractivity contribution >= 4 is 21.9 Å². The van der Waals surface area contributed by atoms with Crippen LogP contribution in [0.4, 0.5) is 17.6 Å². The monoisotopic (exact) mass is 427 g/mol. The van der Waals surface area contributed by atoms with Gasteiger partial charge in [0.25, 0.3) is 0 Å². The number of fused-ring (bicyclic) bond motifs is 2. The van der Waals surface area contributed by atoms with Crippen molar-refractivity contribution in [1.82, 2.24) is 15.0 Å². The SMILES string of the molecule is CC(c1nc2c(F)c(F)c(F)cc2[nH]1)C1CCC(c2ccnc3ccc(F)cc23)CC1. The van der Waals surface area contributed by atoms with Crippen LogP contribution in [-0.4, -0.2) is 15.0 Å². The van der Waals surface area contributed by atoms with Crippen molar-refractivity contribution in [3.8, 4) is 0 Å². The van der Waals surface area contributed by atoms with Crippen LogP contribution in [0.2, 0.25) is 0 Å². The lowest BCUT2D eigenvalue weighted by atomic mass is 9.73. The second kappa shape index (κ2) is 7.62. The molecule has 0 spiro atoms. The Hall–Kier alpha value is -2.96. The maximum atomic E-state index is 14.0. The number of hydrogen-bond acceptors (Lipinski definition) is 2. The Kier molecular flexibility index (Phi) is 4.91. The molecule has 1 aliphatic carbocycles. The molecule has 0 saturated heterocycles. The second-order valence-electron chi connectivity index (χ2n) is 8.47. The largest absolute Gasteiger partial charge is 0.342 e. The molecule has 1 aliphatic rings. The van der Waals surface area contributed by atoms with Gasteiger partial charge in [-0.1, -0.05) is 6.92 Å². The molecule has 7 heteroatoms. The van der Waals surface area contributed by atoms with Gasteiger partial charge in [-0.3, -0.25) is 4.98 Å². The number of imidazole rings is 1. The van der Waals surface area contributed by atoms with Crippen molar-refractivity contribution in [2.75, 3.05) is 0 Å². The predicted octanol–water partition coefficient (Wildman–Crippen LogP) is 6.75. The maximum Gasteiger partial charge on any atom is 0.196 e. The first-order valence-corrected chi connectivity index (χ1v) is 10.5. The summed E-state index contributed by atoms with van der Waals surface area (Å²) in [5, 5.41) is 0.857. The summed E-state index contributed by atoms with van der Waals surface area (Å²) >= 11 is 0. The summed E-state index contributed by atoms with van der Waals surface area (Å²) in [5.41, 5.74) is 1.91. The van der Waals surface area contributed by atoms with Gasteiger partial charge >= 0.3 is 0 Å². The quantitative estimate of drug-likeness (QED) is 0.290. The van der Waals surface area contributed by atoms with Crippen molar-refractivity contribution in [1.29, 1.82) is 0 Å². The van der Waals surface area contributed by atoms with Gasteiger partial charge in [0, 0.05) is 23.6 Å². The summed E-state index contributed by atoms with van der Waals surface area (Å²) in [7, 11) is 0. The molecule has 1 fully saturated rings. The number of halogens is 4. The van der Waals surface area contributed by atoms with E-state index in [1.165, 1.54) is 6.07 Å². The highest BCUT2D eigenvalue weighted by Crippen LogP contribution is 2.43. The molecule has 3 nitrogen and oxygen atoms in total. The zero-order valence-corrected chi connectivity index (χ0v) is 16.9. The third kappa shape index (κ3) is 3.46. The molecule has 31 heavy (non-hydrogen) atoms. The average Bonchev–Trinajstić information content (AvgIpc) is 3.21. The third-order valence-electron chi connectivity index (χ3n) is 6.72. The zero-order valence-electron chi connectivity index (χ0n) is 16.9. The van der Waals surface area contributed by atoms with Crippen LogP contribution in [0.15, 0.2) is 36.5 Å². The minimum absolute atomic E-state index is 0.00880. The Balaban J connectivity index is 1.36. The molecule has 2 heterocycles. The molecule has 2 aromatic carbocycles. The van der Waals surface area contributed by atoms with Crippen molar-refractivity contribution in [2.24, 2.45) is 5.92 Å². The van der Waals surface area contributed by atoms with Gasteiger partial charge in [0.2, 0.25) is 0 Å². The molecule has 1 unspecified atom stereocenters. The minimum atomic E-state index is -1.50. The predicted molar refractivity (Wildman–Crippen MR) is 111 cm³/mol. The van der Waals surface area contributed by atoms with Crippen LogP contribution >= 0.6 is 0 Å². The summed E-state index contributed by atoms with van der Waals surface area (Å²) in [6.45, 7) is 2.00. The average molecular weight is 427 g/mol. The molecule has 1 atom stereocenters. The molecule has 0 bridgehead atoms. The van der Waals surface area contributed by atoms with Crippen molar-refractivity contribution in [2.45, 2.75) is 44.4 Å². The van der Waals surface area contributed by atoms with E-state index in [9.17, 15) is 17.6 Å². The molecule has 2 aromatic heterocycles. The maximum absolute atomic E-state index is 14.0. The van der Waals surface area contributed by atoms with E-state index in [-0.39, 0.29) is 22.8 Å². The number of H-pyrrole nitrogens is 1. The number of rotatable bonds is 3. The van der Waals surface area contributed by atoms with E-state index < -0.39 is 17.5 Å². The molecular formula is C24H21F4N3. The van der Waals surface area contributed by atoms with Crippen LogP contribution in [0.25, 0.3) is 21.9 Å². The Bertz CT molecular complexity index is 1280. The Morgan fingerprint density at radius 1 is 0.968 bits per heavy atom. The smallest absolute Gasteiger partial charge is 0.196 e. The summed E-state index contributed by atoms with van der Waals surface area (Å²) in [6.07, 6.45) is 5.48. The number of nitrogens with one attached hydrogen (secondary N) is 1. The van der Waals surface area contributed by atoms with Crippen LogP contribution in [0.1, 0.15) is 55.8 Å².